The zero-order chi connectivity index (χ0) is 11.0. The lowest BCUT2D eigenvalue weighted by atomic mass is 9.89. The predicted octanol–water partition coefficient (Wildman–Crippen LogP) is 0.781. The maximum atomic E-state index is 10.4. The second kappa shape index (κ2) is 6.39. The van der Waals surface area contributed by atoms with Crippen molar-refractivity contribution in [1.82, 2.24) is 5.32 Å². The van der Waals surface area contributed by atoms with Gasteiger partial charge in [0, 0.05) is 0 Å². The molecule has 0 atom stereocenters. The summed E-state index contributed by atoms with van der Waals surface area (Å²) in [5.74, 6) is -0.331. The molecule has 0 bridgehead atoms. The minimum Gasteiger partial charge on any atom is -0.369 e. The molecule has 0 aromatic rings. The maximum absolute atomic E-state index is 10.4. The van der Waals surface area contributed by atoms with Crippen LogP contribution < -0.4 is 11.1 Å². The van der Waals surface area contributed by atoms with Crippen LogP contribution in [0.1, 0.15) is 33.1 Å². The number of nitrogens with zero attached hydrogens (tertiary/aromatic N) is 1. The third-order valence-corrected chi connectivity index (χ3v) is 2.01. The summed E-state index contributed by atoms with van der Waals surface area (Å²) in [5, 5.41) is 11.7. The van der Waals surface area contributed by atoms with Gasteiger partial charge >= 0.3 is 0 Å². The molecule has 0 unspecified atom stereocenters. The van der Waals surface area contributed by atoms with Crippen LogP contribution in [-0.4, -0.2) is 19.0 Å². The van der Waals surface area contributed by atoms with E-state index in [1.54, 1.807) is 0 Å². The fourth-order valence-corrected chi connectivity index (χ4v) is 1.08. The molecule has 1 amide bonds. The highest BCUT2D eigenvalue weighted by Crippen LogP contribution is 2.21. The molecule has 0 saturated heterocycles. The molecule has 0 aromatic carbocycles. The number of unbranched alkanes of at least 4 members (excludes halogenated alkanes) is 1. The zero-order valence-corrected chi connectivity index (χ0v) is 8.97. The lowest BCUT2D eigenvalue weighted by Gasteiger charge is -2.14. The Balaban J connectivity index is 3.31. The van der Waals surface area contributed by atoms with Gasteiger partial charge in [-0.15, -0.1) is 0 Å². The van der Waals surface area contributed by atoms with Crippen molar-refractivity contribution in [3.63, 3.8) is 0 Å². The Labute approximate surface area is 85.5 Å². The highest BCUT2D eigenvalue weighted by Gasteiger charge is 2.15. The normalized spacial score (nSPS) is 10.9. The summed E-state index contributed by atoms with van der Waals surface area (Å²) in [6.45, 7) is 4.89. The van der Waals surface area contributed by atoms with Crippen LogP contribution in [0.25, 0.3) is 0 Å². The van der Waals surface area contributed by atoms with Crippen LogP contribution in [0.5, 0.6) is 0 Å². The number of carbonyl (C=O) groups is 1. The summed E-state index contributed by atoms with van der Waals surface area (Å²) in [6.07, 6.45) is 2.85. The molecular weight excluding hydrogens is 178 g/mol. The number of rotatable bonds is 7. The number of nitriles is 1. The Bertz CT molecular complexity index is 218. The Morgan fingerprint density at radius 3 is 2.64 bits per heavy atom. The van der Waals surface area contributed by atoms with E-state index < -0.39 is 0 Å². The van der Waals surface area contributed by atoms with E-state index in [1.807, 2.05) is 13.8 Å². The van der Waals surface area contributed by atoms with E-state index in [0.29, 0.717) is 0 Å². The van der Waals surface area contributed by atoms with Crippen molar-refractivity contribution in [3.05, 3.63) is 0 Å². The van der Waals surface area contributed by atoms with E-state index in [9.17, 15) is 4.79 Å². The van der Waals surface area contributed by atoms with Crippen molar-refractivity contribution in [3.8, 4) is 6.07 Å². The fourth-order valence-electron chi connectivity index (χ4n) is 1.08. The van der Waals surface area contributed by atoms with Crippen LogP contribution in [0, 0.1) is 16.7 Å². The zero-order valence-electron chi connectivity index (χ0n) is 8.97. The third kappa shape index (κ3) is 7.56. The standard InChI is InChI=1S/C10H19N3O/c1-10(2,8-11)5-3-4-6-13-7-9(12)14/h13H,3-7H2,1-2H3,(H2,12,14). The van der Waals surface area contributed by atoms with E-state index in [0.717, 1.165) is 25.8 Å². The summed E-state index contributed by atoms with van der Waals surface area (Å²) in [7, 11) is 0. The monoisotopic (exact) mass is 197 g/mol. The van der Waals surface area contributed by atoms with Gasteiger partial charge in [-0.2, -0.15) is 5.26 Å². The minimum atomic E-state index is -0.331. The first-order chi connectivity index (χ1) is 6.48. The van der Waals surface area contributed by atoms with E-state index in [1.165, 1.54) is 0 Å². The number of amides is 1. The first-order valence-corrected chi connectivity index (χ1v) is 4.88. The van der Waals surface area contributed by atoms with Crippen molar-refractivity contribution in [2.45, 2.75) is 33.1 Å². The van der Waals surface area contributed by atoms with Gasteiger partial charge in [-0.1, -0.05) is 6.42 Å². The lowest BCUT2D eigenvalue weighted by molar-refractivity contribution is -0.117. The number of carbonyl (C=O) groups excluding carboxylic acids is 1. The van der Waals surface area contributed by atoms with Crippen LogP contribution in [-0.2, 0) is 4.79 Å². The van der Waals surface area contributed by atoms with E-state index in [-0.39, 0.29) is 17.9 Å². The Morgan fingerprint density at radius 1 is 1.50 bits per heavy atom. The van der Waals surface area contributed by atoms with Crippen molar-refractivity contribution in [1.29, 1.82) is 5.26 Å². The Hall–Kier alpha value is -1.08. The Morgan fingerprint density at radius 2 is 2.14 bits per heavy atom. The van der Waals surface area contributed by atoms with E-state index >= 15 is 0 Å². The second-order valence-electron chi connectivity index (χ2n) is 4.10. The molecule has 0 aliphatic carbocycles. The lowest BCUT2D eigenvalue weighted by Crippen LogP contribution is -2.29. The minimum absolute atomic E-state index is 0.232. The largest absolute Gasteiger partial charge is 0.369 e. The molecule has 0 rings (SSSR count). The van der Waals surface area contributed by atoms with E-state index in [4.69, 9.17) is 11.0 Å². The van der Waals surface area contributed by atoms with Crippen LogP contribution in [0.2, 0.25) is 0 Å². The summed E-state index contributed by atoms with van der Waals surface area (Å²) in [6, 6.07) is 2.26. The highest BCUT2D eigenvalue weighted by atomic mass is 16.1. The van der Waals surface area contributed by atoms with Crippen molar-refractivity contribution in [2.75, 3.05) is 13.1 Å². The molecule has 3 N–H and O–H groups in total. The smallest absolute Gasteiger partial charge is 0.231 e. The fraction of sp³-hybridized carbons (Fsp3) is 0.800. The molecule has 0 heterocycles. The number of hydrogen-bond acceptors (Lipinski definition) is 3. The first kappa shape index (κ1) is 12.9. The van der Waals surface area contributed by atoms with Gasteiger partial charge in [0.2, 0.25) is 5.91 Å². The third-order valence-electron chi connectivity index (χ3n) is 2.01. The summed E-state index contributed by atoms with van der Waals surface area (Å²) in [5.41, 5.74) is 4.72. The molecule has 0 aliphatic rings. The molecule has 4 nitrogen and oxygen atoms in total. The van der Waals surface area contributed by atoms with Crippen molar-refractivity contribution >= 4 is 5.91 Å². The first-order valence-electron chi connectivity index (χ1n) is 4.88. The van der Waals surface area contributed by atoms with Gasteiger partial charge in [-0.05, 0) is 33.2 Å². The van der Waals surface area contributed by atoms with Crippen LogP contribution in [0.15, 0.2) is 0 Å². The second-order valence-corrected chi connectivity index (χ2v) is 4.10. The van der Waals surface area contributed by atoms with Gasteiger partial charge in [0.05, 0.1) is 18.0 Å². The topological polar surface area (TPSA) is 78.9 Å². The summed E-state index contributed by atoms with van der Waals surface area (Å²) >= 11 is 0. The number of hydrogen-bond donors (Lipinski definition) is 2. The number of primary amides is 1. The van der Waals surface area contributed by atoms with Gasteiger partial charge < -0.3 is 11.1 Å². The highest BCUT2D eigenvalue weighted by molar-refractivity contribution is 5.75. The molecule has 0 spiro atoms. The summed E-state index contributed by atoms with van der Waals surface area (Å²) in [4.78, 5) is 10.4. The SMILES string of the molecule is CC(C)(C#N)CCCCNCC(N)=O. The van der Waals surface area contributed by atoms with Gasteiger partial charge in [-0.25, -0.2) is 0 Å². The number of nitrogens with two attached hydrogens (primary N) is 1. The molecule has 80 valence electrons. The average Bonchev–Trinajstić information content (AvgIpc) is 2.10. The summed E-state index contributed by atoms with van der Waals surface area (Å²) < 4.78 is 0. The van der Waals surface area contributed by atoms with E-state index in [2.05, 4.69) is 11.4 Å². The predicted molar refractivity (Wildman–Crippen MR) is 55.3 cm³/mol. The molecular formula is C10H19N3O. The maximum Gasteiger partial charge on any atom is 0.231 e. The Kier molecular flexibility index (Phi) is 5.89. The molecule has 0 fully saturated rings. The van der Waals surface area contributed by atoms with Gasteiger partial charge in [0.25, 0.3) is 0 Å². The molecule has 0 aromatic heterocycles. The van der Waals surface area contributed by atoms with Crippen molar-refractivity contribution in [2.24, 2.45) is 11.1 Å². The molecule has 0 aliphatic heterocycles. The molecule has 4 heteroatoms. The van der Waals surface area contributed by atoms with Crippen LogP contribution >= 0.6 is 0 Å². The number of nitrogens with one attached hydrogen (secondary N) is 1. The van der Waals surface area contributed by atoms with Gasteiger partial charge in [0.15, 0.2) is 0 Å². The van der Waals surface area contributed by atoms with Crippen LogP contribution in [0.4, 0.5) is 0 Å². The van der Waals surface area contributed by atoms with Crippen molar-refractivity contribution < 1.29 is 4.79 Å². The molecule has 0 saturated carbocycles. The van der Waals surface area contributed by atoms with Gasteiger partial charge in [-0.3, -0.25) is 4.79 Å². The van der Waals surface area contributed by atoms with Crippen LogP contribution in [0.3, 0.4) is 0 Å². The quantitative estimate of drug-likeness (QED) is 0.592. The molecule has 14 heavy (non-hydrogen) atoms. The van der Waals surface area contributed by atoms with Gasteiger partial charge in [0.1, 0.15) is 0 Å². The average molecular weight is 197 g/mol. The molecule has 0 radical (unpaired) electrons.